The van der Waals surface area contributed by atoms with E-state index in [1.54, 1.807) is 44.6 Å². The van der Waals surface area contributed by atoms with Crippen molar-refractivity contribution in [3.63, 3.8) is 0 Å². The summed E-state index contributed by atoms with van der Waals surface area (Å²) in [6.45, 7) is -0.150. The number of nitrogens with zero attached hydrogens (tertiary/aromatic N) is 1. The van der Waals surface area contributed by atoms with E-state index in [0.717, 1.165) is 9.13 Å². The fourth-order valence-electron chi connectivity index (χ4n) is 1.90. The Balaban J connectivity index is 1.90. The van der Waals surface area contributed by atoms with Crippen molar-refractivity contribution in [1.29, 1.82) is 0 Å². The van der Waals surface area contributed by atoms with Gasteiger partial charge in [-0.1, -0.05) is 11.6 Å². The minimum absolute atomic E-state index is 0.150. The number of benzene rings is 2. The van der Waals surface area contributed by atoms with Crippen LogP contribution in [-0.4, -0.2) is 32.9 Å². The average molecular weight is 475 g/mol. The van der Waals surface area contributed by atoms with E-state index in [1.807, 2.05) is 6.07 Å². The minimum atomic E-state index is -0.374. The maximum atomic E-state index is 11.7. The van der Waals surface area contributed by atoms with Crippen LogP contribution in [0, 0.1) is 3.57 Å². The smallest absolute Gasteiger partial charge is 0.277 e. The van der Waals surface area contributed by atoms with Crippen LogP contribution in [0.5, 0.6) is 17.2 Å². The van der Waals surface area contributed by atoms with Gasteiger partial charge in [-0.15, -0.1) is 0 Å². The second-order valence-corrected chi connectivity index (χ2v) is 6.37. The highest BCUT2D eigenvalue weighted by Gasteiger charge is 2.09. The molecule has 6 nitrogen and oxygen atoms in total. The third-order valence-corrected chi connectivity index (χ3v) is 4.10. The van der Waals surface area contributed by atoms with Crippen molar-refractivity contribution in [2.24, 2.45) is 5.10 Å². The fourth-order valence-corrected chi connectivity index (χ4v) is 2.87. The molecule has 0 radical (unpaired) electrons. The molecule has 0 aliphatic heterocycles. The Morgan fingerprint density at radius 3 is 2.60 bits per heavy atom. The highest BCUT2D eigenvalue weighted by Crippen LogP contribution is 2.32. The summed E-state index contributed by atoms with van der Waals surface area (Å²) >= 11 is 7.92. The zero-order chi connectivity index (χ0) is 18.2. The second kappa shape index (κ2) is 9.47. The third-order valence-electron chi connectivity index (χ3n) is 3.04. The number of nitrogens with one attached hydrogen (secondary N) is 1. The van der Waals surface area contributed by atoms with Crippen LogP contribution in [0.3, 0.4) is 0 Å². The first-order valence-electron chi connectivity index (χ1n) is 7.15. The molecular weight excluding hydrogens is 459 g/mol. The zero-order valence-corrected chi connectivity index (χ0v) is 16.5. The third kappa shape index (κ3) is 5.79. The lowest BCUT2D eigenvalue weighted by molar-refractivity contribution is -0.123. The highest BCUT2D eigenvalue weighted by molar-refractivity contribution is 14.1. The van der Waals surface area contributed by atoms with E-state index in [2.05, 4.69) is 33.1 Å². The van der Waals surface area contributed by atoms with Crippen LogP contribution < -0.4 is 19.6 Å². The van der Waals surface area contributed by atoms with Crippen LogP contribution in [-0.2, 0) is 4.79 Å². The van der Waals surface area contributed by atoms with Gasteiger partial charge >= 0.3 is 0 Å². The van der Waals surface area contributed by atoms with Crippen molar-refractivity contribution in [1.82, 2.24) is 5.43 Å². The first kappa shape index (κ1) is 19.3. The van der Waals surface area contributed by atoms with Crippen LogP contribution in [0.4, 0.5) is 0 Å². The minimum Gasteiger partial charge on any atom is -0.493 e. The summed E-state index contributed by atoms with van der Waals surface area (Å²) in [6, 6.07) is 10.4. The molecule has 132 valence electrons. The number of hydrogen-bond acceptors (Lipinski definition) is 5. The first-order chi connectivity index (χ1) is 12.0. The molecule has 1 amide bonds. The molecule has 2 aromatic carbocycles. The van der Waals surface area contributed by atoms with Crippen LogP contribution in [0.15, 0.2) is 41.5 Å². The molecule has 8 heteroatoms. The van der Waals surface area contributed by atoms with Gasteiger partial charge in [0, 0.05) is 5.02 Å². The molecule has 0 unspecified atom stereocenters. The summed E-state index contributed by atoms with van der Waals surface area (Å²) in [5.41, 5.74) is 3.17. The van der Waals surface area contributed by atoms with Crippen LogP contribution >= 0.6 is 34.2 Å². The molecule has 2 aromatic rings. The van der Waals surface area contributed by atoms with Crippen molar-refractivity contribution in [3.05, 3.63) is 50.6 Å². The number of carbonyl (C=O) groups excluding carboxylic acids is 1. The molecule has 0 heterocycles. The monoisotopic (exact) mass is 474 g/mol. The summed E-state index contributed by atoms with van der Waals surface area (Å²) in [7, 11) is 3.14. The van der Waals surface area contributed by atoms with Crippen LogP contribution in [0.25, 0.3) is 0 Å². The summed E-state index contributed by atoms with van der Waals surface area (Å²) in [5.74, 6) is 1.42. The van der Waals surface area contributed by atoms with E-state index in [4.69, 9.17) is 25.8 Å². The van der Waals surface area contributed by atoms with Gasteiger partial charge in [0.05, 0.1) is 24.0 Å². The lowest BCUT2D eigenvalue weighted by Crippen LogP contribution is -2.24. The number of halogens is 2. The van der Waals surface area contributed by atoms with Gasteiger partial charge in [-0.25, -0.2) is 5.43 Å². The predicted molar refractivity (Wildman–Crippen MR) is 105 cm³/mol. The van der Waals surface area contributed by atoms with Crippen molar-refractivity contribution >= 4 is 46.3 Å². The molecule has 0 bridgehead atoms. The molecule has 25 heavy (non-hydrogen) atoms. The Morgan fingerprint density at radius 2 is 1.96 bits per heavy atom. The quantitative estimate of drug-likeness (QED) is 0.379. The molecule has 0 fully saturated rings. The Morgan fingerprint density at radius 1 is 1.24 bits per heavy atom. The largest absolute Gasteiger partial charge is 0.493 e. The normalized spacial score (nSPS) is 10.6. The number of rotatable bonds is 7. The van der Waals surface area contributed by atoms with E-state index in [0.29, 0.717) is 22.3 Å². The van der Waals surface area contributed by atoms with Crippen molar-refractivity contribution in [2.75, 3.05) is 20.8 Å². The molecule has 0 saturated carbocycles. The molecule has 0 aromatic heterocycles. The molecule has 2 rings (SSSR count). The first-order valence-corrected chi connectivity index (χ1v) is 8.61. The van der Waals surface area contributed by atoms with E-state index in [-0.39, 0.29) is 12.5 Å². The average Bonchev–Trinajstić information content (AvgIpc) is 2.60. The molecule has 0 saturated heterocycles. The predicted octanol–water partition coefficient (Wildman–Crippen LogP) is 3.49. The summed E-state index contributed by atoms with van der Waals surface area (Å²) < 4.78 is 16.7. The van der Waals surface area contributed by atoms with Gasteiger partial charge in [-0.2, -0.15) is 5.10 Å². The lowest BCUT2D eigenvalue weighted by Gasteiger charge is -2.10. The maximum absolute atomic E-state index is 11.7. The molecular formula is C17H16ClIN2O4. The number of methoxy groups -OCH3 is 2. The number of carbonyl (C=O) groups is 1. The standard InChI is InChI=1S/C17H16ClIN2O4/c1-23-15-8-11(7-14(19)17(15)24-2)9-20-21-16(22)10-25-13-5-3-12(18)4-6-13/h3-9H,10H2,1-2H3,(H,21,22). The molecule has 0 spiro atoms. The van der Waals surface area contributed by atoms with Crippen molar-refractivity contribution in [3.8, 4) is 17.2 Å². The molecule has 0 atom stereocenters. The van der Waals surface area contributed by atoms with E-state index >= 15 is 0 Å². The SMILES string of the molecule is COc1cc(C=NNC(=O)COc2ccc(Cl)cc2)cc(I)c1OC. The van der Waals surface area contributed by atoms with E-state index in [9.17, 15) is 4.79 Å². The van der Waals surface area contributed by atoms with Gasteiger partial charge in [0.25, 0.3) is 5.91 Å². The topological polar surface area (TPSA) is 69.2 Å². The number of ether oxygens (including phenoxy) is 3. The summed E-state index contributed by atoms with van der Waals surface area (Å²) in [4.78, 5) is 11.7. The summed E-state index contributed by atoms with van der Waals surface area (Å²) in [5, 5.41) is 4.52. The number of amides is 1. The summed E-state index contributed by atoms with van der Waals surface area (Å²) in [6.07, 6.45) is 1.52. The number of hydrazone groups is 1. The molecule has 0 aliphatic carbocycles. The van der Waals surface area contributed by atoms with E-state index < -0.39 is 0 Å². The number of hydrogen-bond donors (Lipinski definition) is 1. The highest BCUT2D eigenvalue weighted by atomic mass is 127. The fraction of sp³-hybridized carbons (Fsp3) is 0.176. The Bertz CT molecular complexity index is 766. The van der Waals surface area contributed by atoms with Crippen molar-refractivity contribution < 1.29 is 19.0 Å². The van der Waals surface area contributed by atoms with Crippen LogP contribution in [0.1, 0.15) is 5.56 Å². The van der Waals surface area contributed by atoms with Gasteiger partial charge in [-0.3, -0.25) is 4.79 Å². The Hall–Kier alpha value is -2.00. The second-order valence-electron chi connectivity index (χ2n) is 4.77. The lowest BCUT2D eigenvalue weighted by atomic mass is 10.2. The van der Waals surface area contributed by atoms with Gasteiger partial charge in [0.2, 0.25) is 0 Å². The van der Waals surface area contributed by atoms with E-state index in [1.165, 1.54) is 6.21 Å². The van der Waals surface area contributed by atoms with Gasteiger partial charge in [-0.05, 0) is 64.6 Å². The van der Waals surface area contributed by atoms with Gasteiger partial charge in [0.15, 0.2) is 18.1 Å². The Labute approximate surface area is 164 Å². The van der Waals surface area contributed by atoms with Crippen molar-refractivity contribution in [2.45, 2.75) is 0 Å². The zero-order valence-electron chi connectivity index (χ0n) is 13.6. The van der Waals surface area contributed by atoms with Crippen LogP contribution in [0.2, 0.25) is 5.02 Å². The van der Waals surface area contributed by atoms with Gasteiger partial charge < -0.3 is 14.2 Å². The van der Waals surface area contributed by atoms with Gasteiger partial charge in [0.1, 0.15) is 5.75 Å². The molecule has 0 aliphatic rings. The Kier molecular flexibility index (Phi) is 7.32. The molecule has 1 N–H and O–H groups in total. The maximum Gasteiger partial charge on any atom is 0.277 e.